The summed E-state index contributed by atoms with van der Waals surface area (Å²) < 4.78 is 18.2. The second-order valence-corrected chi connectivity index (χ2v) is 13.7. The third-order valence-electron chi connectivity index (χ3n) is 9.20. The Balaban J connectivity index is 1.31. The lowest BCUT2D eigenvalue weighted by Gasteiger charge is -2.43. The third-order valence-corrected chi connectivity index (χ3v) is 9.20. The van der Waals surface area contributed by atoms with Gasteiger partial charge in [0.05, 0.1) is 25.4 Å². The normalized spacial score (nSPS) is 30.0. The summed E-state index contributed by atoms with van der Waals surface area (Å²) in [5, 5.41) is 14.8. The number of aliphatic hydroxyl groups excluding tert-OH is 1. The minimum atomic E-state index is -0.579. The number of likely N-dealkylation sites (tertiary alicyclic amines) is 1. The van der Waals surface area contributed by atoms with Gasteiger partial charge in [-0.25, -0.2) is 4.79 Å². The maximum atomic E-state index is 12.2. The van der Waals surface area contributed by atoms with Crippen LogP contribution in [0.15, 0.2) is 48.5 Å². The average molecular weight is 594 g/mol. The van der Waals surface area contributed by atoms with Crippen LogP contribution in [0, 0.1) is 16.7 Å². The number of hydrogen-bond acceptors (Lipinski definition) is 7. The second kappa shape index (κ2) is 12.9. The lowest BCUT2D eigenvalue weighted by atomic mass is 9.65. The van der Waals surface area contributed by atoms with Crippen LogP contribution < -0.4 is 10.6 Å². The summed E-state index contributed by atoms with van der Waals surface area (Å²) in [6.45, 7) is 13.2. The monoisotopic (exact) mass is 593 g/mol. The number of hydrogen-bond donors (Lipinski definition) is 3. The number of amides is 2. The van der Waals surface area contributed by atoms with E-state index in [0.29, 0.717) is 22.6 Å². The van der Waals surface area contributed by atoms with Gasteiger partial charge in [-0.3, -0.25) is 9.69 Å². The molecule has 3 fully saturated rings. The molecule has 3 aliphatic rings. The molecule has 0 spiro atoms. The number of aliphatic hydroxyl groups is 1. The van der Waals surface area contributed by atoms with Gasteiger partial charge in [-0.05, 0) is 60.3 Å². The van der Waals surface area contributed by atoms with Crippen molar-refractivity contribution in [3.05, 3.63) is 65.2 Å². The summed E-state index contributed by atoms with van der Waals surface area (Å²) in [6.07, 6.45) is 2.89. The van der Waals surface area contributed by atoms with Crippen molar-refractivity contribution >= 4 is 17.7 Å². The Morgan fingerprint density at radius 1 is 1.02 bits per heavy atom. The Kier molecular flexibility index (Phi) is 9.46. The molecular formula is C34H47N3O6. The maximum Gasteiger partial charge on any atom is 0.325 e. The van der Waals surface area contributed by atoms with Crippen LogP contribution in [0.2, 0.25) is 0 Å². The van der Waals surface area contributed by atoms with E-state index in [-0.39, 0.29) is 37.9 Å². The first-order valence-corrected chi connectivity index (χ1v) is 15.5. The van der Waals surface area contributed by atoms with Crippen LogP contribution >= 0.6 is 0 Å². The van der Waals surface area contributed by atoms with Gasteiger partial charge < -0.3 is 30.0 Å². The maximum absolute atomic E-state index is 12.2. The number of carbonyl (C=O) groups excluding carboxylic acids is 2. The van der Waals surface area contributed by atoms with Gasteiger partial charge in [0.1, 0.15) is 6.54 Å². The van der Waals surface area contributed by atoms with Crippen LogP contribution in [0.1, 0.15) is 83.0 Å². The molecule has 2 unspecified atom stereocenters. The van der Waals surface area contributed by atoms with Gasteiger partial charge in [-0.2, -0.15) is 0 Å². The van der Waals surface area contributed by atoms with Crippen LogP contribution in [0.5, 0.6) is 0 Å². The Labute approximate surface area is 255 Å². The number of ether oxygens (including phenoxy) is 3. The predicted octanol–water partition coefficient (Wildman–Crippen LogP) is 5.56. The fourth-order valence-electron chi connectivity index (χ4n) is 7.61. The molecule has 0 aromatic heterocycles. The quantitative estimate of drug-likeness (QED) is 0.327. The Morgan fingerprint density at radius 3 is 2.40 bits per heavy atom. The summed E-state index contributed by atoms with van der Waals surface area (Å²) in [5.74, 6) is -0.374. The summed E-state index contributed by atoms with van der Waals surface area (Å²) in [4.78, 5) is 26.4. The van der Waals surface area contributed by atoms with Crippen LogP contribution in [0.4, 0.5) is 10.5 Å². The highest BCUT2D eigenvalue weighted by atomic mass is 16.7. The summed E-state index contributed by atoms with van der Waals surface area (Å²) in [7, 11) is 0. The van der Waals surface area contributed by atoms with E-state index in [0.717, 1.165) is 29.8 Å². The number of carbonyl (C=O) groups is 2. The van der Waals surface area contributed by atoms with Gasteiger partial charge in [0.25, 0.3) is 0 Å². The summed E-state index contributed by atoms with van der Waals surface area (Å²) >= 11 is 0. The van der Waals surface area contributed by atoms with Crippen LogP contribution in [-0.2, 0) is 25.6 Å². The average Bonchev–Trinajstić information content (AvgIpc) is 3.20. The molecule has 9 nitrogen and oxygen atoms in total. The molecule has 5 rings (SSSR count). The first-order valence-electron chi connectivity index (χ1n) is 15.5. The molecule has 0 radical (unpaired) electrons. The molecule has 2 aromatic rings. The van der Waals surface area contributed by atoms with E-state index < -0.39 is 18.3 Å². The molecule has 3 N–H and O–H groups in total. The number of urea groups is 1. The molecule has 2 heterocycles. The largest absolute Gasteiger partial charge is 0.465 e. The van der Waals surface area contributed by atoms with E-state index in [1.807, 2.05) is 36.4 Å². The highest BCUT2D eigenvalue weighted by molar-refractivity contribution is 5.91. The fourth-order valence-corrected chi connectivity index (χ4v) is 7.61. The minimum absolute atomic E-state index is 0.00240. The smallest absolute Gasteiger partial charge is 0.325 e. The number of benzene rings is 2. The molecule has 2 aliphatic heterocycles. The Morgan fingerprint density at radius 2 is 1.72 bits per heavy atom. The SMILES string of the molecule is CCOC(=O)CNC(=O)Nc1ccc([C@@H]2O[C@H](CN3CC4(C)CC3CC(C)(C)C4)[C@H](C)[C@H](c3ccc(CO)cc3)O2)cc1. The molecule has 2 saturated heterocycles. The van der Waals surface area contributed by atoms with Gasteiger partial charge in [-0.15, -0.1) is 0 Å². The molecule has 43 heavy (non-hydrogen) atoms. The molecule has 2 bridgehead atoms. The third kappa shape index (κ3) is 7.58. The van der Waals surface area contributed by atoms with Crippen molar-refractivity contribution in [3.8, 4) is 0 Å². The lowest BCUT2D eigenvalue weighted by molar-refractivity contribution is -0.276. The van der Waals surface area contributed by atoms with E-state index in [9.17, 15) is 14.7 Å². The number of rotatable bonds is 9. The number of esters is 1. The van der Waals surface area contributed by atoms with Crippen molar-refractivity contribution in [2.24, 2.45) is 16.7 Å². The highest BCUT2D eigenvalue weighted by Gasteiger charge is 2.51. The van der Waals surface area contributed by atoms with Crippen molar-refractivity contribution in [2.45, 2.75) is 85.0 Å². The number of anilines is 1. The standard InChI is InChI=1S/C34H47N3O6/c1-6-41-29(39)17-35-32(40)36-26-13-11-25(12-14-26)31-42-28(18-37-21-34(5)16-27(37)15-33(3,4)20-34)22(2)30(43-31)24-9-7-23(19-38)8-10-24/h7-14,22,27-28,30-31,38H,6,15-21H2,1-5H3,(H2,35,36,40)/t22-,27?,28+,30+,31+,34?/m0/s1. The molecule has 2 amide bonds. The number of nitrogens with one attached hydrogen (secondary N) is 2. The van der Waals surface area contributed by atoms with Gasteiger partial charge in [0, 0.05) is 36.3 Å². The van der Waals surface area contributed by atoms with E-state index >= 15 is 0 Å². The zero-order valence-electron chi connectivity index (χ0n) is 26.1. The van der Waals surface area contributed by atoms with E-state index in [2.05, 4.69) is 43.2 Å². The second-order valence-electron chi connectivity index (χ2n) is 13.7. The molecular weight excluding hydrogens is 546 g/mol. The zero-order valence-corrected chi connectivity index (χ0v) is 26.1. The minimum Gasteiger partial charge on any atom is -0.465 e. The molecule has 6 atom stereocenters. The van der Waals surface area contributed by atoms with Crippen molar-refractivity contribution in [1.29, 1.82) is 0 Å². The summed E-state index contributed by atoms with van der Waals surface area (Å²) in [6, 6.07) is 15.5. The first-order chi connectivity index (χ1) is 20.5. The predicted molar refractivity (Wildman–Crippen MR) is 164 cm³/mol. The Bertz CT molecular complexity index is 1270. The molecule has 9 heteroatoms. The van der Waals surface area contributed by atoms with Crippen molar-refractivity contribution in [2.75, 3.05) is 31.6 Å². The lowest BCUT2D eigenvalue weighted by Crippen LogP contribution is -2.46. The van der Waals surface area contributed by atoms with E-state index in [1.54, 1.807) is 19.1 Å². The van der Waals surface area contributed by atoms with E-state index in [1.165, 1.54) is 19.3 Å². The number of fused-ring (bicyclic) bond motifs is 2. The molecule has 2 aromatic carbocycles. The van der Waals surface area contributed by atoms with E-state index in [4.69, 9.17) is 14.2 Å². The zero-order chi connectivity index (χ0) is 30.8. The van der Waals surface area contributed by atoms with Gasteiger partial charge in [-0.1, -0.05) is 64.1 Å². The van der Waals surface area contributed by atoms with Gasteiger partial charge in [0.2, 0.25) is 0 Å². The van der Waals surface area contributed by atoms with Crippen molar-refractivity contribution in [1.82, 2.24) is 10.2 Å². The Hall–Kier alpha value is -2.98. The van der Waals surface area contributed by atoms with Crippen molar-refractivity contribution < 1.29 is 28.9 Å². The van der Waals surface area contributed by atoms with Crippen molar-refractivity contribution in [3.63, 3.8) is 0 Å². The fraction of sp³-hybridized carbons (Fsp3) is 0.588. The topological polar surface area (TPSA) is 109 Å². The molecule has 1 aliphatic carbocycles. The van der Waals surface area contributed by atoms with Crippen LogP contribution in [0.25, 0.3) is 0 Å². The van der Waals surface area contributed by atoms with Gasteiger partial charge >= 0.3 is 12.0 Å². The van der Waals surface area contributed by atoms with Crippen LogP contribution in [-0.4, -0.2) is 60.4 Å². The molecule has 1 saturated carbocycles. The van der Waals surface area contributed by atoms with Gasteiger partial charge in [0.15, 0.2) is 6.29 Å². The number of nitrogens with zero attached hydrogens (tertiary/aromatic N) is 1. The molecule has 234 valence electrons. The van der Waals surface area contributed by atoms with Crippen LogP contribution in [0.3, 0.4) is 0 Å². The first kappa shape index (κ1) is 31.4. The summed E-state index contributed by atoms with van der Waals surface area (Å²) in [5.41, 5.74) is 4.06. The highest BCUT2D eigenvalue weighted by Crippen LogP contribution is 2.53.